The molecular weight excluding hydrogens is 149 g/mol. The monoisotopic (exact) mass is 157 g/mol. The summed E-state index contributed by atoms with van der Waals surface area (Å²) in [4.78, 5) is 13.5. The van der Waals surface area contributed by atoms with Gasteiger partial charge in [0.05, 0.1) is 0 Å². The maximum Gasteiger partial charge on any atom is 0.354 e. The van der Waals surface area contributed by atoms with Crippen LogP contribution in [0.2, 0.25) is 0 Å². The van der Waals surface area contributed by atoms with Crippen molar-refractivity contribution in [2.24, 2.45) is 0 Å². The van der Waals surface area contributed by atoms with E-state index in [-0.39, 0.29) is 6.61 Å². The first-order valence-electron chi connectivity index (χ1n) is 3.21. The summed E-state index contributed by atoms with van der Waals surface area (Å²) in [7, 11) is 0. The van der Waals surface area contributed by atoms with E-state index in [1.54, 1.807) is 18.3 Å². The Hall–Kier alpha value is -1.32. The topological polar surface area (TPSA) is 42.1 Å². The highest BCUT2D eigenvalue weighted by Crippen LogP contribution is 1.96. The van der Waals surface area contributed by atoms with Crippen LogP contribution >= 0.6 is 0 Å². The second kappa shape index (κ2) is 3.75. The van der Waals surface area contributed by atoms with E-state index in [2.05, 4.69) is 9.72 Å². The fourth-order valence-electron chi connectivity index (χ4n) is 0.666. The van der Waals surface area contributed by atoms with Crippen LogP contribution in [0.3, 0.4) is 0 Å². The Morgan fingerprint density at radius 3 is 3.09 bits per heavy atom. The van der Waals surface area contributed by atoms with E-state index in [1.807, 2.05) is 0 Å². The number of carbonyl (C=O) groups is 1. The number of H-pyrrole nitrogens is 1. The summed E-state index contributed by atoms with van der Waals surface area (Å²) in [5.41, 5.74) is 0.346. The first-order chi connectivity index (χ1) is 5.34. The summed E-state index contributed by atoms with van der Waals surface area (Å²) < 4.78 is 16.0. The smallest absolute Gasteiger partial charge is 0.354 e. The van der Waals surface area contributed by atoms with Gasteiger partial charge in [-0.1, -0.05) is 0 Å². The summed E-state index contributed by atoms with van der Waals surface area (Å²) in [6.45, 7) is -0.829. The normalized spacial score (nSPS) is 9.55. The molecule has 1 aromatic rings. The largest absolute Gasteiger partial charge is 0.458 e. The molecule has 0 aliphatic heterocycles. The molecule has 0 bridgehead atoms. The number of alkyl halides is 1. The standard InChI is InChI=1S/C7H8FNO2/c8-3-5-11-7(10)6-2-1-4-9-6/h1-2,4,9H,3,5H2. The lowest BCUT2D eigenvalue weighted by molar-refractivity contribution is 0.0475. The molecule has 1 heterocycles. The molecule has 1 aromatic heterocycles. The summed E-state index contributed by atoms with van der Waals surface area (Å²) in [6, 6.07) is 3.24. The molecule has 0 radical (unpaired) electrons. The number of hydrogen-bond acceptors (Lipinski definition) is 2. The zero-order chi connectivity index (χ0) is 8.10. The predicted octanol–water partition coefficient (Wildman–Crippen LogP) is 1.14. The van der Waals surface area contributed by atoms with Crippen LogP contribution in [0.4, 0.5) is 4.39 Å². The molecule has 0 aromatic carbocycles. The molecule has 0 atom stereocenters. The van der Waals surface area contributed by atoms with E-state index >= 15 is 0 Å². The van der Waals surface area contributed by atoms with Gasteiger partial charge in [-0.15, -0.1) is 0 Å². The van der Waals surface area contributed by atoms with Gasteiger partial charge in [0, 0.05) is 6.20 Å². The van der Waals surface area contributed by atoms with Gasteiger partial charge >= 0.3 is 5.97 Å². The van der Waals surface area contributed by atoms with Crippen LogP contribution in [0.25, 0.3) is 0 Å². The average Bonchev–Trinajstić information content (AvgIpc) is 2.52. The lowest BCUT2D eigenvalue weighted by atomic mass is 10.4. The van der Waals surface area contributed by atoms with Crippen LogP contribution in [0.1, 0.15) is 10.5 Å². The van der Waals surface area contributed by atoms with Gasteiger partial charge in [0.25, 0.3) is 0 Å². The lowest BCUT2D eigenvalue weighted by Gasteiger charge is -1.97. The third-order valence-electron chi connectivity index (χ3n) is 1.13. The molecule has 1 N–H and O–H groups in total. The highest BCUT2D eigenvalue weighted by atomic mass is 19.1. The van der Waals surface area contributed by atoms with E-state index in [4.69, 9.17) is 0 Å². The molecule has 0 aliphatic carbocycles. The van der Waals surface area contributed by atoms with E-state index < -0.39 is 12.6 Å². The maximum atomic E-state index is 11.5. The number of esters is 1. The minimum Gasteiger partial charge on any atom is -0.458 e. The number of carbonyl (C=O) groups excluding carboxylic acids is 1. The van der Waals surface area contributed by atoms with Gasteiger partial charge in [0.2, 0.25) is 0 Å². The molecule has 0 unspecified atom stereocenters. The number of nitrogens with one attached hydrogen (secondary N) is 1. The zero-order valence-electron chi connectivity index (χ0n) is 5.84. The van der Waals surface area contributed by atoms with Crippen LogP contribution in [0.5, 0.6) is 0 Å². The van der Waals surface area contributed by atoms with Crippen LogP contribution in [0.15, 0.2) is 18.3 Å². The highest BCUT2D eigenvalue weighted by Gasteiger charge is 2.05. The maximum absolute atomic E-state index is 11.5. The highest BCUT2D eigenvalue weighted by molar-refractivity contribution is 5.87. The van der Waals surface area contributed by atoms with Crippen molar-refractivity contribution in [1.29, 1.82) is 0 Å². The molecule has 60 valence electrons. The van der Waals surface area contributed by atoms with Gasteiger partial charge in [0.1, 0.15) is 19.0 Å². The average molecular weight is 157 g/mol. The van der Waals surface area contributed by atoms with E-state index in [1.165, 1.54) is 0 Å². The van der Waals surface area contributed by atoms with E-state index in [9.17, 15) is 9.18 Å². The van der Waals surface area contributed by atoms with E-state index in [0.29, 0.717) is 5.69 Å². The zero-order valence-corrected chi connectivity index (χ0v) is 5.84. The molecular formula is C7H8FNO2. The Kier molecular flexibility index (Phi) is 2.66. The van der Waals surface area contributed by atoms with Crippen molar-refractivity contribution in [3.63, 3.8) is 0 Å². The lowest BCUT2D eigenvalue weighted by Crippen LogP contribution is -2.07. The molecule has 0 fully saturated rings. The first kappa shape index (κ1) is 7.78. The Balaban J connectivity index is 2.43. The van der Waals surface area contributed by atoms with Crippen LogP contribution in [-0.2, 0) is 4.74 Å². The minimum atomic E-state index is -0.646. The van der Waals surface area contributed by atoms with Gasteiger partial charge < -0.3 is 9.72 Å². The molecule has 0 aliphatic rings. The number of aromatic nitrogens is 1. The summed E-state index contributed by atoms with van der Waals surface area (Å²) in [5.74, 6) is -0.521. The van der Waals surface area contributed by atoms with Gasteiger partial charge in [-0.05, 0) is 12.1 Å². The van der Waals surface area contributed by atoms with Crippen molar-refractivity contribution in [2.45, 2.75) is 0 Å². The summed E-state index contributed by atoms with van der Waals surface area (Å²) >= 11 is 0. The Bertz CT molecular complexity index is 220. The SMILES string of the molecule is O=C(OCCF)c1ccc[nH]1. The summed E-state index contributed by atoms with van der Waals surface area (Å²) in [5, 5.41) is 0. The summed E-state index contributed by atoms with van der Waals surface area (Å²) in [6.07, 6.45) is 1.60. The molecule has 1 rings (SSSR count). The minimum absolute atomic E-state index is 0.183. The molecule has 0 amide bonds. The molecule has 4 heteroatoms. The van der Waals surface area contributed by atoms with Gasteiger partial charge in [-0.3, -0.25) is 0 Å². The molecule has 0 saturated carbocycles. The van der Waals surface area contributed by atoms with Crippen molar-refractivity contribution < 1.29 is 13.9 Å². The van der Waals surface area contributed by atoms with Gasteiger partial charge in [-0.2, -0.15) is 0 Å². The van der Waals surface area contributed by atoms with Gasteiger partial charge in [-0.25, -0.2) is 9.18 Å². The quantitative estimate of drug-likeness (QED) is 0.668. The van der Waals surface area contributed by atoms with Crippen molar-refractivity contribution in [2.75, 3.05) is 13.3 Å². The number of aromatic amines is 1. The Morgan fingerprint density at radius 1 is 1.73 bits per heavy atom. The fraction of sp³-hybridized carbons (Fsp3) is 0.286. The van der Waals surface area contributed by atoms with E-state index in [0.717, 1.165) is 0 Å². The third kappa shape index (κ3) is 2.07. The van der Waals surface area contributed by atoms with Gasteiger partial charge in [0.15, 0.2) is 0 Å². The first-order valence-corrected chi connectivity index (χ1v) is 3.21. The van der Waals surface area contributed by atoms with Crippen molar-refractivity contribution >= 4 is 5.97 Å². The number of hydrogen-bond donors (Lipinski definition) is 1. The number of rotatable bonds is 3. The molecule has 0 saturated heterocycles. The second-order valence-corrected chi connectivity index (χ2v) is 1.91. The molecule has 3 nitrogen and oxygen atoms in total. The Labute approximate surface area is 63.2 Å². The third-order valence-corrected chi connectivity index (χ3v) is 1.13. The molecule has 0 spiro atoms. The van der Waals surface area contributed by atoms with Crippen molar-refractivity contribution in [3.05, 3.63) is 24.0 Å². The van der Waals surface area contributed by atoms with Crippen molar-refractivity contribution in [1.82, 2.24) is 4.98 Å². The predicted molar refractivity (Wildman–Crippen MR) is 37.1 cm³/mol. The van der Waals surface area contributed by atoms with Crippen LogP contribution in [-0.4, -0.2) is 24.2 Å². The van der Waals surface area contributed by atoms with Crippen LogP contribution < -0.4 is 0 Å². The number of halogens is 1. The van der Waals surface area contributed by atoms with Crippen molar-refractivity contribution in [3.8, 4) is 0 Å². The Morgan fingerprint density at radius 2 is 2.55 bits per heavy atom. The van der Waals surface area contributed by atoms with Crippen LogP contribution in [0, 0.1) is 0 Å². The number of ether oxygens (including phenoxy) is 1. The second-order valence-electron chi connectivity index (χ2n) is 1.91. The molecule has 11 heavy (non-hydrogen) atoms. The fourth-order valence-corrected chi connectivity index (χ4v) is 0.666.